The number of carbonyl (C=O) groups excluding carboxylic acids is 2. The molecule has 0 unspecified atom stereocenters. The lowest BCUT2D eigenvalue weighted by molar-refractivity contribution is 0.0602. The number of amides is 1. The van der Waals surface area contributed by atoms with Crippen LogP contribution < -0.4 is 5.32 Å². The predicted octanol–water partition coefficient (Wildman–Crippen LogP) is 3.47. The number of halogens is 2. The number of nitrogens with one attached hydrogen (secondary N) is 2. The van der Waals surface area contributed by atoms with Crippen LogP contribution in [0.2, 0.25) is 5.02 Å². The Bertz CT molecular complexity index is 669. The standard InChI is InChI=1S/C13H10BrClN2O3/c1-20-13(19)9-3-2-8(15)5-10(9)17-12(18)11-4-7(14)6-16-11/h2-6,16H,1H3,(H,17,18). The number of methoxy groups -OCH3 is 1. The van der Waals surface area contributed by atoms with Gasteiger partial charge in [-0.15, -0.1) is 0 Å². The molecule has 0 fully saturated rings. The average Bonchev–Trinajstić information content (AvgIpc) is 2.85. The van der Waals surface area contributed by atoms with Crippen LogP contribution in [0, 0.1) is 0 Å². The maximum atomic E-state index is 12.0. The van der Waals surface area contributed by atoms with Gasteiger partial charge in [-0.25, -0.2) is 4.79 Å². The third-order valence-electron chi connectivity index (χ3n) is 2.53. The Balaban J connectivity index is 2.30. The van der Waals surface area contributed by atoms with E-state index in [0.717, 1.165) is 4.47 Å². The molecule has 0 aliphatic carbocycles. The van der Waals surface area contributed by atoms with E-state index in [2.05, 4.69) is 31.0 Å². The highest BCUT2D eigenvalue weighted by Gasteiger charge is 2.16. The lowest BCUT2D eigenvalue weighted by Crippen LogP contribution is -2.15. The molecular formula is C13H10BrClN2O3. The number of ether oxygens (including phenoxy) is 1. The van der Waals surface area contributed by atoms with Gasteiger partial charge in [-0.2, -0.15) is 0 Å². The van der Waals surface area contributed by atoms with E-state index in [1.165, 1.54) is 19.2 Å². The van der Waals surface area contributed by atoms with Gasteiger partial charge >= 0.3 is 5.97 Å². The maximum absolute atomic E-state index is 12.0. The average molecular weight is 358 g/mol. The Kier molecular flexibility index (Phi) is 4.46. The van der Waals surface area contributed by atoms with Gasteiger partial charge in [0.1, 0.15) is 5.69 Å². The molecule has 0 bridgehead atoms. The summed E-state index contributed by atoms with van der Waals surface area (Å²) in [5.74, 6) is -0.937. The van der Waals surface area contributed by atoms with Crippen molar-refractivity contribution >= 4 is 45.1 Å². The molecule has 1 aromatic carbocycles. The number of hydrogen-bond acceptors (Lipinski definition) is 3. The molecule has 20 heavy (non-hydrogen) atoms. The molecule has 0 saturated heterocycles. The van der Waals surface area contributed by atoms with E-state index in [4.69, 9.17) is 11.6 Å². The number of carbonyl (C=O) groups is 2. The molecule has 0 aliphatic heterocycles. The van der Waals surface area contributed by atoms with Crippen molar-refractivity contribution in [1.82, 2.24) is 4.98 Å². The summed E-state index contributed by atoms with van der Waals surface area (Å²) in [6, 6.07) is 6.16. The lowest BCUT2D eigenvalue weighted by atomic mass is 10.1. The molecule has 0 saturated carbocycles. The van der Waals surface area contributed by atoms with Crippen molar-refractivity contribution in [3.05, 3.63) is 51.2 Å². The fourth-order valence-electron chi connectivity index (χ4n) is 1.60. The van der Waals surface area contributed by atoms with E-state index in [1.807, 2.05) is 0 Å². The SMILES string of the molecule is COC(=O)c1ccc(Cl)cc1NC(=O)c1cc(Br)c[nH]1. The Hall–Kier alpha value is -1.79. The number of rotatable bonds is 3. The van der Waals surface area contributed by atoms with Crippen molar-refractivity contribution in [2.75, 3.05) is 12.4 Å². The van der Waals surface area contributed by atoms with Gasteiger partial charge in [0.15, 0.2) is 0 Å². The number of esters is 1. The number of anilines is 1. The molecule has 1 aromatic heterocycles. The van der Waals surface area contributed by atoms with Crippen molar-refractivity contribution in [3.8, 4) is 0 Å². The molecular weight excluding hydrogens is 348 g/mol. The van der Waals surface area contributed by atoms with Crippen LogP contribution in [0.1, 0.15) is 20.8 Å². The molecule has 2 aromatic rings. The van der Waals surface area contributed by atoms with Crippen LogP contribution >= 0.6 is 27.5 Å². The van der Waals surface area contributed by atoms with Crippen LogP contribution in [-0.2, 0) is 4.74 Å². The zero-order valence-electron chi connectivity index (χ0n) is 10.4. The molecule has 0 radical (unpaired) electrons. The Morgan fingerprint density at radius 2 is 2.10 bits per heavy atom. The molecule has 2 N–H and O–H groups in total. The summed E-state index contributed by atoms with van der Waals surface area (Å²) in [5, 5.41) is 3.02. The van der Waals surface area contributed by atoms with Crippen molar-refractivity contribution in [3.63, 3.8) is 0 Å². The molecule has 0 atom stereocenters. The second kappa shape index (κ2) is 6.11. The lowest BCUT2D eigenvalue weighted by Gasteiger charge is -2.09. The second-order valence-corrected chi connectivity index (χ2v) is 5.22. The van der Waals surface area contributed by atoms with Crippen LogP contribution in [0.3, 0.4) is 0 Å². The van der Waals surface area contributed by atoms with Gasteiger partial charge < -0.3 is 15.0 Å². The first-order chi connectivity index (χ1) is 9.51. The van der Waals surface area contributed by atoms with E-state index in [9.17, 15) is 9.59 Å². The molecule has 1 heterocycles. The molecule has 5 nitrogen and oxygen atoms in total. The summed E-state index contributed by atoms with van der Waals surface area (Å²) < 4.78 is 5.41. The van der Waals surface area contributed by atoms with Crippen LogP contribution in [-0.4, -0.2) is 24.0 Å². The number of hydrogen-bond donors (Lipinski definition) is 2. The normalized spacial score (nSPS) is 10.2. The van der Waals surface area contributed by atoms with Crippen LogP contribution in [0.4, 0.5) is 5.69 Å². The Labute approximate surface area is 128 Å². The summed E-state index contributed by atoms with van der Waals surface area (Å²) in [7, 11) is 1.27. The largest absolute Gasteiger partial charge is 0.465 e. The topological polar surface area (TPSA) is 71.2 Å². The second-order valence-electron chi connectivity index (χ2n) is 3.87. The molecule has 1 amide bonds. The van der Waals surface area contributed by atoms with Crippen molar-refractivity contribution in [2.24, 2.45) is 0 Å². The summed E-state index contributed by atoms with van der Waals surface area (Å²) in [6.45, 7) is 0. The van der Waals surface area contributed by atoms with E-state index < -0.39 is 5.97 Å². The fourth-order valence-corrected chi connectivity index (χ4v) is 2.11. The van der Waals surface area contributed by atoms with Gasteiger partial charge in [0, 0.05) is 15.7 Å². The Morgan fingerprint density at radius 1 is 1.35 bits per heavy atom. The van der Waals surface area contributed by atoms with E-state index >= 15 is 0 Å². The first-order valence-electron chi connectivity index (χ1n) is 5.54. The summed E-state index contributed by atoms with van der Waals surface area (Å²) in [4.78, 5) is 26.5. The van der Waals surface area contributed by atoms with Crippen LogP contribution in [0.25, 0.3) is 0 Å². The molecule has 7 heteroatoms. The smallest absolute Gasteiger partial charge is 0.339 e. The minimum atomic E-state index is -0.551. The van der Waals surface area contributed by atoms with Gasteiger partial charge in [-0.1, -0.05) is 11.6 Å². The highest BCUT2D eigenvalue weighted by molar-refractivity contribution is 9.10. The zero-order valence-corrected chi connectivity index (χ0v) is 12.7. The summed E-state index contributed by atoms with van der Waals surface area (Å²) >= 11 is 9.12. The van der Waals surface area contributed by atoms with Gasteiger partial charge in [0.05, 0.1) is 18.4 Å². The van der Waals surface area contributed by atoms with E-state index in [1.54, 1.807) is 18.3 Å². The van der Waals surface area contributed by atoms with Crippen molar-refractivity contribution in [1.29, 1.82) is 0 Å². The Morgan fingerprint density at radius 3 is 2.70 bits per heavy atom. The molecule has 0 spiro atoms. The van der Waals surface area contributed by atoms with Gasteiger partial charge in [-0.05, 0) is 40.2 Å². The van der Waals surface area contributed by atoms with Gasteiger partial charge in [0.2, 0.25) is 0 Å². The third-order valence-corrected chi connectivity index (χ3v) is 3.22. The first kappa shape index (κ1) is 14.6. The van der Waals surface area contributed by atoms with Crippen LogP contribution in [0.15, 0.2) is 34.9 Å². The van der Waals surface area contributed by atoms with Crippen molar-refractivity contribution < 1.29 is 14.3 Å². The van der Waals surface area contributed by atoms with Gasteiger partial charge in [-0.3, -0.25) is 4.79 Å². The monoisotopic (exact) mass is 356 g/mol. The maximum Gasteiger partial charge on any atom is 0.339 e. The summed E-state index contributed by atoms with van der Waals surface area (Å²) in [6.07, 6.45) is 1.63. The minimum Gasteiger partial charge on any atom is -0.465 e. The zero-order chi connectivity index (χ0) is 14.7. The first-order valence-corrected chi connectivity index (χ1v) is 6.71. The number of aromatic amines is 1. The molecule has 2 rings (SSSR count). The van der Waals surface area contributed by atoms with Gasteiger partial charge in [0.25, 0.3) is 5.91 Å². The highest BCUT2D eigenvalue weighted by Crippen LogP contribution is 2.23. The molecule has 104 valence electrons. The fraction of sp³-hybridized carbons (Fsp3) is 0.0769. The van der Waals surface area contributed by atoms with E-state index in [-0.39, 0.29) is 11.5 Å². The highest BCUT2D eigenvalue weighted by atomic mass is 79.9. The number of benzene rings is 1. The minimum absolute atomic E-state index is 0.232. The number of aromatic nitrogens is 1. The molecule has 0 aliphatic rings. The number of H-pyrrole nitrogens is 1. The summed E-state index contributed by atoms with van der Waals surface area (Å²) in [5.41, 5.74) is 0.878. The quantitative estimate of drug-likeness (QED) is 0.826. The van der Waals surface area contributed by atoms with E-state index in [0.29, 0.717) is 16.4 Å². The van der Waals surface area contributed by atoms with Crippen molar-refractivity contribution in [2.45, 2.75) is 0 Å². The third kappa shape index (κ3) is 3.20. The van der Waals surface area contributed by atoms with Crippen LogP contribution in [0.5, 0.6) is 0 Å². The predicted molar refractivity (Wildman–Crippen MR) is 79.2 cm³/mol.